The lowest BCUT2D eigenvalue weighted by atomic mass is 10.4. The second-order valence-corrected chi connectivity index (χ2v) is 3.06. The van der Waals surface area contributed by atoms with Crippen LogP contribution in [0.2, 0.25) is 0 Å². The summed E-state index contributed by atoms with van der Waals surface area (Å²) in [6.07, 6.45) is 2.04. The van der Waals surface area contributed by atoms with Gasteiger partial charge in [0.1, 0.15) is 6.61 Å². The zero-order valence-corrected chi connectivity index (χ0v) is 11.7. The zero-order chi connectivity index (χ0) is 14.6. The van der Waals surface area contributed by atoms with Gasteiger partial charge < -0.3 is 24.8 Å². The molecule has 0 aliphatic carbocycles. The fraction of sp³-hybridized carbons (Fsp3) is 0.917. The van der Waals surface area contributed by atoms with Crippen LogP contribution in [0.3, 0.4) is 0 Å². The van der Waals surface area contributed by atoms with Crippen LogP contribution in [-0.2, 0) is 14.3 Å². The number of aliphatic hydroxyl groups excluding tert-OH is 3. The SMILES string of the molecule is CCCCO.CCOCCOC(C)=O.OCCO. The van der Waals surface area contributed by atoms with Crippen molar-refractivity contribution in [2.24, 2.45) is 0 Å². The van der Waals surface area contributed by atoms with Gasteiger partial charge >= 0.3 is 5.97 Å². The highest BCUT2D eigenvalue weighted by Crippen LogP contribution is 1.79. The second kappa shape index (κ2) is 25.2. The highest BCUT2D eigenvalue weighted by Gasteiger charge is 1.89. The van der Waals surface area contributed by atoms with E-state index in [0.717, 1.165) is 12.8 Å². The number of esters is 1. The van der Waals surface area contributed by atoms with Crippen molar-refractivity contribution in [3.8, 4) is 0 Å². The van der Waals surface area contributed by atoms with Gasteiger partial charge in [0.05, 0.1) is 19.8 Å². The van der Waals surface area contributed by atoms with Crippen molar-refractivity contribution in [3.05, 3.63) is 0 Å². The Morgan fingerprint density at radius 2 is 1.56 bits per heavy atom. The first-order chi connectivity index (χ1) is 8.60. The molecule has 6 nitrogen and oxygen atoms in total. The molecule has 0 amide bonds. The Kier molecular flexibility index (Phi) is 31.5. The number of carbonyl (C=O) groups excluding carboxylic acids is 1. The van der Waals surface area contributed by atoms with Gasteiger partial charge in [0, 0.05) is 20.1 Å². The number of unbranched alkanes of at least 4 members (excludes halogenated alkanes) is 1. The largest absolute Gasteiger partial charge is 0.463 e. The summed E-state index contributed by atoms with van der Waals surface area (Å²) in [6.45, 7) is 6.95. The van der Waals surface area contributed by atoms with Gasteiger partial charge in [-0.2, -0.15) is 0 Å². The predicted molar refractivity (Wildman–Crippen MR) is 69.3 cm³/mol. The quantitative estimate of drug-likeness (QED) is 0.455. The molecule has 0 atom stereocenters. The first-order valence-corrected chi connectivity index (χ1v) is 6.14. The Morgan fingerprint density at radius 3 is 1.78 bits per heavy atom. The molecule has 112 valence electrons. The van der Waals surface area contributed by atoms with Crippen LogP contribution in [0.25, 0.3) is 0 Å². The zero-order valence-electron chi connectivity index (χ0n) is 11.7. The summed E-state index contributed by atoms with van der Waals surface area (Å²) in [5, 5.41) is 23.3. The summed E-state index contributed by atoms with van der Waals surface area (Å²) in [6, 6.07) is 0. The second-order valence-electron chi connectivity index (χ2n) is 3.06. The average molecular weight is 268 g/mol. The van der Waals surface area contributed by atoms with E-state index in [-0.39, 0.29) is 19.2 Å². The Hall–Kier alpha value is -0.690. The van der Waals surface area contributed by atoms with Gasteiger partial charge in [-0.15, -0.1) is 0 Å². The van der Waals surface area contributed by atoms with Crippen LogP contribution >= 0.6 is 0 Å². The van der Waals surface area contributed by atoms with Gasteiger partial charge in [-0.25, -0.2) is 0 Å². The topological polar surface area (TPSA) is 96.2 Å². The highest BCUT2D eigenvalue weighted by molar-refractivity contribution is 5.65. The molecule has 0 aliphatic rings. The van der Waals surface area contributed by atoms with Gasteiger partial charge in [-0.05, 0) is 13.3 Å². The molecule has 0 saturated heterocycles. The normalized spacial score (nSPS) is 8.56. The van der Waals surface area contributed by atoms with E-state index in [4.69, 9.17) is 20.1 Å². The Balaban J connectivity index is -0.000000212. The third kappa shape index (κ3) is 45.4. The van der Waals surface area contributed by atoms with E-state index >= 15 is 0 Å². The number of hydrogen-bond acceptors (Lipinski definition) is 6. The Morgan fingerprint density at radius 1 is 1.00 bits per heavy atom. The van der Waals surface area contributed by atoms with Crippen LogP contribution in [-0.4, -0.2) is 60.9 Å². The van der Waals surface area contributed by atoms with E-state index in [1.54, 1.807) is 0 Å². The predicted octanol–water partition coefficient (Wildman–Crippen LogP) is 0.336. The minimum Gasteiger partial charge on any atom is -0.463 e. The molecule has 0 spiro atoms. The third-order valence-electron chi connectivity index (χ3n) is 1.35. The summed E-state index contributed by atoms with van der Waals surface area (Å²) >= 11 is 0. The maximum Gasteiger partial charge on any atom is 0.302 e. The van der Waals surface area contributed by atoms with Gasteiger partial charge in [0.25, 0.3) is 0 Å². The monoisotopic (exact) mass is 268 g/mol. The number of ether oxygens (including phenoxy) is 2. The summed E-state index contributed by atoms with van der Waals surface area (Å²) in [7, 11) is 0. The summed E-state index contributed by atoms with van der Waals surface area (Å²) < 4.78 is 9.49. The average Bonchev–Trinajstić information content (AvgIpc) is 2.36. The van der Waals surface area contributed by atoms with Crippen LogP contribution in [0.15, 0.2) is 0 Å². The number of aliphatic hydroxyl groups is 3. The van der Waals surface area contributed by atoms with Gasteiger partial charge in [0.2, 0.25) is 0 Å². The van der Waals surface area contributed by atoms with E-state index in [1.807, 2.05) is 6.92 Å². The van der Waals surface area contributed by atoms with E-state index in [0.29, 0.717) is 26.4 Å². The Labute approximate surface area is 110 Å². The van der Waals surface area contributed by atoms with E-state index in [9.17, 15) is 4.79 Å². The standard InChI is InChI=1S/C6H12O3.C4H10O.C2H6O2/c1-3-8-4-5-9-6(2)7;1-2-3-4-5;3-1-2-4/h3-5H2,1-2H3;5H,2-4H2,1H3;3-4H,1-2H2. The molecule has 0 bridgehead atoms. The van der Waals surface area contributed by atoms with Crippen molar-refractivity contribution < 1.29 is 29.6 Å². The molecule has 0 fully saturated rings. The third-order valence-corrected chi connectivity index (χ3v) is 1.35. The molecule has 0 heterocycles. The lowest BCUT2D eigenvalue weighted by molar-refractivity contribution is -0.142. The van der Waals surface area contributed by atoms with Crippen molar-refractivity contribution in [2.75, 3.05) is 39.6 Å². The molecular weight excluding hydrogens is 240 g/mol. The fourth-order valence-electron chi connectivity index (χ4n) is 0.547. The minimum absolute atomic E-state index is 0.125. The smallest absolute Gasteiger partial charge is 0.302 e. The van der Waals surface area contributed by atoms with Crippen LogP contribution in [0.1, 0.15) is 33.6 Å². The molecule has 0 aromatic rings. The molecule has 18 heavy (non-hydrogen) atoms. The van der Waals surface area contributed by atoms with E-state index in [2.05, 4.69) is 11.7 Å². The Bertz CT molecular complexity index is 137. The van der Waals surface area contributed by atoms with Crippen molar-refractivity contribution in [3.63, 3.8) is 0 Å². The number of hydrogen-bond donors (Lipinski definition) is 3. The van der Waals surface area contributed by atoms with Gasteiger partial charge in [0.15, 0.2) is 0 Å². The molecule has 0 radical (unpaired) electrons. The summed E-state index contributed by atoms with van der Waals surface area (Å²) in [5.41, 5.74) is 0. The first kappa shape index (κ1) is 22.5. The molecule has 3 N–H and O–H groups in total. The lowest BCUT2D eigenvalue weighted by Crippen LogP contribution is -2.06. The van der Waals surface area contributed by atoms with Crippen molar-refractivity contribution in [1.29, 1.82) is 0 Å². The first-order valence-electron chi connectivity index (χ1n) is 6.14. The maximum absolute atomic E-state index is 10.1. The van der Waals surface area contributed by atoms with Crippen molar-refractivity contribution in [2.45, 2.75) is 33.6 Å². The van der Waals surface area contributed by atoms with Crippen LogP contribution in [0.5, 0.6) is 0 Å². The molecule has 0 unspecified atom stereocenters. The minimum atomic E-state index is -0.255. The molecule has 6 heteroatoms. The van der Waals surface area contributed by atoms with Crippen LogP contribution in [0.4, 0.5) is 0 Å². The van der Waals surface area contributed by atoms with Gasteiger partial charge in [-0.1, -0.05) is 13.3 Å². The van der Waals surface area contributed by atoms with Gasteiger partial charge in [-0.3, -0.25) is 4.79 Å². The molecule has 0 rings (SSSR count). The fourth-order valence-corrected chi connectivity index (χ4v) is 0.547. The number of rotatable bonds is 7. The molecule has 0 aliphatic heterocycles. The van der Waals surface area contributed by atoms with E-state index < -0.39 is 0 Å². The molecule has 0 aromatic heterocycles. The number of carbonyl (C=O) groups is 1. The van der Waals surface area contributed by atoms with Crippen molar-refractivity contribution in [1.82, 2.24) is 0 Å². The molecule has 0 saturated carbocycles. The van der Waals surface area contributed by atoms with E-state index in [1.165, 1.54) is 6.92 Å². The van der Waals surface area contributed by atoms with Crippen LogP contribution < -0.4 is 0 Å². The highest BCUT2D eigenvalue weighted by atomic mass is 16.6. The molecular formula is C12H28O6. The maximum atomic E-state index is 10.1. The van der Waals surface area contributed by atoms with Crippen molar-refractivity contribution >= 4 is 5.97 Å². The van der Waals surface area contributed by atoms with Crippen LogP contribution in [0, 0.1) is 0 Å². The molecule has 0 aromatic carbocycles. The summed E-state index contributed by atoms with van der Waals surface area (Å²) in [4.78, 5) is 10.1. The lowest BCUT2D eigenvalue weighted by Gasteiger charge is -1.99. The summed E-state index contributed by atoms with van der Waals surface area (Å²) in [5.74, 6) is -0.255.